The molecule has 0 radical (unpaired) electrons. The summed E-state index contributed by atoms with van der Waals surface area (Å²) in [5.41, 5.74) is 3.25. The summed E-state index contributed by atoms with van der Waals surface area (Å²) >= 11 is 8.83. The largest absolute Gasteiger partial charge is 0.453 e. The van der Waals surface area contributed by atoms with E-state index in [9.17, 15) is 18.0 Å². The highest BCUT2D eigenvalue weighted by atomic mass is 35.5. The van der Waals surface area contributed by atoms with Crippen molar-refractivity contribution < 1.29 is 22.7 Å². The van der Waals surface area contributed by atoms with E-state index in [1.165, 1.54) is 60.1 Å². The van der Waals surface area contributed by atoms with Gasteiger partial charge in [-0.1, -0.05) is 29.8 Å². The van der Waals surface area contributed by atoms with E-state index in [1.54, 1.807) is 23.1 Å². The molecule has 0 atom stereocenters. The molecule has 2 aromatic heterocycles. The van der Waals surface area contributed by atoms with Crippen LogP contribution in [0.1, 0.15) is 20.8 Å². The molecule has 2 N–H and O–H groups in total. The first-order valence-corrected chi connectivity index (χ1v) is 16.2. The zero-order chi connectivity index (χ0) is 29.4. The molecule has 9 nitrogen and oxygen atoms in total. The van der Waals surface area contributed by atoms with Crippen LogP contribution in [0.25, 0.3) is 20.8 Å². The maximum atomic E-state index is 13.5. The number of benzene rings is 3. The Bertz CT molecular complexity index is 1900. The molecule has 0 bridgehead atoms. The number of thiazole rings is 1. The van der Waals surface area contributed by atoms with Crippen LogP contribution in [0, 0.1) is 0 Å². The molecule has 3 aromatic carbocycles. The number of fused-ring (bicyclic) bond motifs is 2. The molecule has 1 aliphatic heterocycles. The van der Waals surface area contributed by atoms with Crippen molar-refractivity contribution >= 4 is 77.2 Å². The lowest BCUT2D eigenvalue weighted by Gasteiger charge is -2.25. The molecule has 0 saturated carbocycles. The van der Waals surface area contributed by atoms with Crippen LogP contribution in [0.5, 0.6) is 0 Å². The van der Waals surface area contributed by atoms with E-state index in [2.05, 4.69) is 10.0 Å². The van der Waals surface area contributed by atoms with Crippen LogP contribution < -0.4 is 10.0 Å². The molecule has 2 amide bonds. The molecule has 0 fully saturated rings. The predicted molar refractivity (Wildman–Crippen MR) is 166 cm³/mol. The minimum absolute atomic E-state index is 0.0485. The van der Waals surface area contributed by atoms with Gasteiger partial charge in [0.15, 0.2) is 0 Å². The van der Waals surface area contributed by atoms with Crippen LogP contribution in [0.15, 0.2) is 77.7 Å². The lowest BCUT2D eigenvalue weighted by atomic mass is 10.0. The van der Waals surface area contributed by atoms with Gasteiger partial charge in [0.25, 0.3) is 15.9 Å². The Morgan fingerprint density at radius 3 is 2.57 bits per heavy atom. The van der Waals surface area contributed by atoms with Crippen LogP contribution in [-0.4, -0.2) is 44.0 Å². The first-order valence-electron chi connectivity index (χ1n) is 12.7. The third kappa shape index (κ3) is 5.58. The fraction of sp³-hybridized carbons (Fsp3) is 0.138. The average Bonchev–Trinajstić information content (AvgIpc) is 3.57. The predicted octanol–water partition coefficient (Wildman–Crippen LogP) is 6.86. The van der Waals surface area contributed by atoms with Gasteiger partial charge in [0.2, 0.25) is 0 Å². The number of sulfonamides is 1. The fourth-order valence-electron chi connectivity index (χ4n) is 4.71. The Labute approximate surface area is 254 Å². The van der Waals surface area contributed by atoms with Gasteiger partial charge >= 0.3 is 6.09 Å². The van der Waals surface area contributed by atoms with Gasteiger partial charge in [0, 0.05) is 33.3 Å². The molecule has 0 aliphatic carbocycles. The Morgan fingerprint density at radius 2 is 1.81 bits per heavy atom. The topological polar surface area (TPSA) is 118 Å². The molecule has 3 heterocycles. The maximum absolute atomic E-state index is 13.5. The molecule has 0 unspecified atom stereocenters. The molecule has 6 rings (SSSR count). The number of rotatable bonds is 6. The van der Waals surface area contributed by atoms with E-state index in [-0.39, 0.29) is 16.1 Å². The number of hydrogen-bond donors (Lipinski definition) is 2. The second kappa shape index (κ2) is 11.4. The highest BCUT2D eigenvalue weighted by molar-refractivity contribution is 7.92. The van der Waals surface area contributed by atoms with E-state index >= 15 is 0 Å². The van der Waals surface area contributed by atoms with Gasteiger partial charge in [-0.25, -0.2) is 18.2 Å². The molecule has 214 valence electrons. The normalized spacial score (nSPS) is 13.0. The second-order valence-electron chi connectivity index (χ2n) is 9.43. The number of ether oxygens (including phenoxy) is 1. The maximum Gasteiger partial charge on any atom is 0.409 e. The lowest BCUT2D eigenvalue weighted by molar-refractivity contribution is 0.102. The number of carbonyl (C=O) groups is 2. The number of carbonyl (C=O) groups excluding carboxylic acids is 2. The number of amides is 2. The minimum atomic E-state index is -3.89. The summed E-state index contributed by atoms with van der Waals surface area (Å²) in [5, 5.41) is 4.85. The Morgan fingerprint density at radius 1 is 1.02 bits per heavy atom. The van der Waals surface area contributed by atoms with Crippen molar-refractivity contribution in [3.05, 3.63) is 93.8 Å². The standard InChI is InChI=1S/C29H23ClN4O5S3/c1-39-29(36)34-14-13-21-24(16-34)41-28(25(21)27-31-22-7-2-3-8-23(22)40-27)32-26(35)17-5-4-6-19(15-17)33-42(37,38)20-11-9-18(30)10-12-20/h2-12,15,33H,13-14,16H2,1H3,(H,32,35). The Hall–Kier alpha value is -3.97. The highest BCUT2D eigenvalue weighted by Crippen LogP contribution is 2.46. The zero-order valence-electron chi connectivity index (χ0n) is 22.1. The van der Waals surface area contributed by atoms with Crippen LogP contribution in [0.3, 0.4) is 0 Å². The van der Waals surface area contributed by atoms with Gasteiger partial charge in [-0.15, -0.1) is 22.7 Å². The van der Waals surface area contributed by atoms with Crippen LogP contribution >= 0.6 is 34.3 Å². The molecule has 1 aliphatic rings. The summed E-state index contributed by atoms with van der Waals surface area (Å²) in [6, 6.07) is 19.9. The van der Waals surface area contributed by atoms with Crippen molar-refractivity contribution in [2.45, 2.75) is 17.9 Å². The lowest BCUT2D eigenvalue weighted by Crippen LogP contribution is -2.35. The van der Waals surface area contributed by atoms with Gasteiger partial charge in [-0.3, -0.25) is 9.52 Å². The quantitative estimate of drug-likeness (QED) is 0.210. The Balaban J connectivity index is 1.32. The number of thiophene rings is 1. The second-order valence-corrected chi connectivity index (χ2v) is 13.7. The number of halogens is 1. The minimum Gasteiger partial charge on any atom is -0.453 e. The summed E-state index contributed by atoms with van der Waals surface area (Å²) in [5.74, 6) is -0.409. The van der Waals surface area contributed by atoms with Crippen molar-refractivity contribution in [2.24, 2.45) is 0 Å². The molecular formula is C29H23ClN4O5S3. The van der Waals surface area contributed by atoms with Gasteiger partial charge in [-0.05, 0) is 66.6 Å². The molecular weight excluding hydrogens is 616 g/mol. The molecule has 13 heteroatoms. The molecule has 42 heavy (non-hydrogen) atoms. The third-order valence-corrected chi connectivity index (χ3v) is 10.6. The van der Waals surface area contributed by atoms with Crippen molar-refractivity contribution in [1.29, 1.82) is 0 Å². The number of methoxy groups -OCH3 is 1. The number of hydrogen-bond acceptors (Lipinski definition) is 8. The van der Waals surface area contributed by atoms with E-state index in [4.69, 9.17) is 21.3 Å². The van der Waals surface area contributed by atoms with Gasteiger partial charge in [-0.2, -0.15) is 0 Å². The summed E-state index contributed by atoms with van der Waals surface area (Å²) in [6.07, 6.45) is 0.184. The third-order valence-electron chi connectivity index (χ3n) is 6.73. The Kier molecular flexibility index (Phi) is 7.62. The zero-order valence-corrected chi connectivity index (χ0v) is 25.3. The van der Waals surface area contributed by atoms with Crippen molar-refractivity contribution in [2.75, 3.05) is 23.7 Å². The van der Waals surface area contributed by atoms with Crippen LogP contribution in [-0.2, 0) is 27.7 Å². The van der Waals surface area contributed by atoms with E-state index in [0.717, 1.165) is 31.2 Å². The SMILES string of the molecule is COC(=O)N1CCc2c(sc(NC(=O)c3cccc(NS(=O)(=O)c4ccc(Cl)cc4)c3)c2-c2nc3ccccc3s2)C1. The van der Waals surface area contributed by atoms with Crippen molar-refractivity contribution in [3.8, 4) is 10.6 Å². The first kappa shape index (κ1) is 28.2. The summed E-state index contributed by atoms with van der Waals surface area (Å²) in [4.78, 5) is 33.2. The molecule has 5 aromatic rings. The summed E-state index contributed by atoms with van der Waals surface area (Å²) in [6.45, 7) is 0.847. The smallest absolute Gasteiger partial charge is 0.409 e. The molecule has 0 spiro atoms. The van der Waals surface area contributed by atoms with Crippen LogP contribution in [0.2, 0.25) is 5.02 Å². The number of para-hydroxylation sites is 1. The number of aromatic nitrogens is 1. The highest BCUT2D eigenvalue weighted by Gasteiger charge is 2.30. The monoisotopic (exact) mass is 638 g/mol. The number of nitrogens with one attached hydrogen (secondary N) is 2. The van der Waals surface area contributed by atoms with Gasteiger partial charge < -0.3 is 15.0 Å². The van der Waals surface area contributed by atoms with Gasteiger partial charge in [0.05, 0.1) is 28.8 Å². The first-order chi connectivity index (χ1) is 20.2. The summed E-state index contributed by atoms with van der Waals surface area (Å²) in [7, 11) is -2.54. The number of nitrogens with zero attached hydrogens (tertiary/aromatic N) is 2. The fourth-order valence-corrected chi connectivity index (χ4v) is 8.25. The van der Waals surface area contributed by atoms with Gasteiger partial charge in [0.1, 0.15) is 10.0 Å². The molecule has 0 saturated heterocycles. The van der Waals surface area contributed by atoms with E-state index in [0.29, 0.717) is 29.5 Å². The summed E-state index contributed by atoms with van der Waals surface area (Å²) < 4.78 is 34.2. The number of anilines is 2. The van der Waals surface area contributed by atoms with Crippen LogP contribution in [0.4, 0.5) is 15.5 Å². The van der Waals surface area contributed by atoms with E-state index < -0.39 is 22.0 Å². The average molecular weight is 639 g/mol. The van der Waals surface area contributed by atoms with Crippen molar-refractivity contribution in [1.82, 2.24) is 9.88 Å². The van der Waals surface area contributed by atoms with Crippen molar-refractivity contribution in [3.63, 3.8) is 0 Å². The van der Waals surface area contributed by atoms with E-state index in [1.807, 2.05) is 24.3 Å².